The van der Waals surface area contributed by atoms with Crippen LogP contribution in [0.15, 0.2) is 211 Å². The van der Waals surface area contributed by atoms with Crippen molar-refractivity contribution in [1.29, 1.82) is 0 Å². The predicted molar refractivity (Wildman–Crippen MR) is 265 cm³/mol. The molecule has 3 aromatic heterocycles. The minimum Gasteiger partial charge on any atom is -0.455 e. The van der Waals surface area contributed by atoms with Gasteiger partial charge >= 0.3 is 0 Å². The number of para-hydroxylation sites is 2. The molecule has 0 unspecified atom stereocenters. The first-order valence-corrected chi connectivity index (χ1v) is 21.7. The molecule has 5 nitrogen and oxygen atoms in total. The van der Waals surface area contributed by atoms with Crippen LogP contribution in [-0.4, -0.2) is 19.5 Å². The first-order valence-electron chi connectivity index (χ1n) is 21.7. The van der Waals surface area contributed by atoms with Crippen molar-refractivity contribution in [2.24, 2.45) is 0 Å². The van der Waals surface area contributed by atoms with Crippen molar-refractivity contribution in [2.45, 2.75) is 0 Å². The summed E-state index contributed by atoms with van der Waals surface area (Å²) in [6, 6.07) is 73.4. The number of benzene rings is 11. The van der Waals surface area contributed by atoms with E-state index < -0.39 is 0 Å². The molecule has 0 aliphatic carbocycles. The standard InChI is InChI=1S/C59H34N4O/c1-2-14-38-34-53-50(33-37(38)13-1)47-17-7-9-19-51(47)63(53)52-30-29-49-48-18-8-10-20-54(48)64-56(49)55(52)59-61-57(41-25-27-45-39(31-41)23-21-35-11-3-5-15-43(35)45)60-58(62-59)42-26-28-46-40(32-42)24-22-36-12-4-6-16-44(36)46/h1-34H. The van der Waals surface area contributed by atoms with Crippen molar-refractivity contribution in [3.8, 4) is 39.9 Å². The molecule has 3 heterocycles. The van der Waals surface area contributed by atoms with Crippen molar-refractivity contribution in [3.05, 3.63) is 206 Å². The Hall–Kier alpha value is -8.67. The van der Waals surface area contributed by atoms with Crippen LogP contribution in [0.2, 0.25) is 0 Å². The second-order valence-electron chi connectivity index (χ2n) is 16.8. The lowest BCUT2D eigenvalue weighted by molar-refractivity contribution is 0.669. The van der Waals surface area contributed by atoms with E-state index in [2.05, 4.69) is 199 Å². The van der Waals surface area contributed by atoms with Crippen LogP contribution in [0.3, 0.4) is 0 Å². The van der Waals surface area contributed by atoms with Gasteiger partial charge < -0.3 is 8.98 Å². The van der Waals surface area contributed by atoms with Gasteiger partial charge in [0.25, 0.3) is 0 Å². The Labute approximate surface area is 366 Å². The molecule has 296 valence electrons. The molecule has 14 aromatic rings. The Bertz CT molecular complexity index is 4140. The number of rotatable bonds is 4. The third kappa shape index (κ3) is 5.22. The van der Waals surface area contributed by atoms with E-state index in [-0.39, 0.29) is 0 Å². The summed E-state index contributed by atoms with van der Waals surface area (Å²) in [6.45, 7) is 0. The van der Waals surface area contributed by atoms with Crippen LogP contribution < -0.4 is 0 Å². The zero-order valence-corrected chi connectivity index (χ0v) is 34.3. The van der Waals surface area contributed by atoms with Crippen LogP contribution in [0.25, 0.3) is 137 Å². The molecule has 0 saturated heterocycles. The number of hydrogen-bond donors (Lipinski definition) is 0. The molecule has 0 N–H and O–H groups in total. The van der Waals surface area contributed by atoms with Gasteiger partial charge in [0.15, 0.2) is 17.5 Å². The maximum atomic E-state index is 6.95. The molecule has 11 aromatic carbocycles. The summed E-state index contributed by atoms with van der Waals surface area (Å²) >= 11 is 0. The number of furan rings is 1. The average Bonchev–Trinajstić information content (AvgIpc) is 3.90. The molecule has 0 aliphatic rings. The average molecular weight is 815 g/mol. The van der Waals surface area contributed by atoms with Gasteiger partial charge in [0, 0.05) is 32.7 Å². The van der Waals surface area contributed by atoms with E-state index in [0.29, 0.717) is 17.5 Å². The van der Waals surface area contributed by atoms with Crippen LogP contribution >= 0.6 is 0 Å². The third-order valence-electron chi connectivity index (χ3n) is 13.2. The Kier molecular flexibility index (Phi) is 7.33. The second-order valence-corrected chi connectivity index (χ2v) is 16.8. The summed E-state index contributed by atoms with van der Waals surface area (Å²) < 4.78 is 9.31. The number of hydrogen-bond acceptors (Lipinski definition) is 4. The normalized spacial score (nSPS) is 12.1. The summed E-state index contributed by atoms with van der Waals surface area (Å²) in [5.74, 6) is 1.70. The maximum absolute atomic E-state index is 6.95. The molecular weight excluding hydrogens is 781 g/mol. The van der Waals surface area contributed by atoms with Gasteiger partial charge in [-0.05, 0) is 102 Å². The zero-order chi connectivity index (χ0) is 41.9. The lowest BCUT2D eigenvalue weighted by Crippen LogP contribution is -2.04. The predicted octanol–water partition coefficient (Wildman–Crippen LogP) is 15.6. The fourth-order valence-electron chi connectivity index (χ4n) is 10.1. The molecule has 0 amide bonds. The molecule has 0 saturated carbocycles. The lowest BCUT2D eigenvalue weighted by atomic mass is 9.99. The van der Waals surface area contributed by atoms with E-state index in [0.717, 1.165) is 66.1 Å². The fourth-order valence-corrected chi connectivity index (χ4v) is 10.1. The van der Waals surface area contributed by atoms with Crippen LogP contribution in [0, 0.1) is 0 Å². The summed E-state index contributed by atoms with van der Waals surface area (Å²) in [4.78, 5) is 16.3. The van der Waals surface area contributed by atoms with E-state index in [1.54, 1.807) is 0 Å². The third-order valence-corrected chi connectivity index (χ3v) is 13.2. The first-order chi connectivity index (χ1) is 31.7. The van der Waals surface area contributed by atoms with Crippen molar-refractivity contribution in [2.75, 3.05) is 0 Å². The highest BCUT2D eigenvalue weighted by Gasteiger charge is 2.25. The molecular formula is C59H34N4O. The Morgan fingerprint density at radius 1 is 0.312 bits per heavy atom. The highest BCUT2D eigenvalue weighted by Crippen LogP contribution is 2.43. The van der Waals surface area contributed by atoms with E-state index in [1.165, 1.54) is 53.9 Å². The van der Waals surface area contributed by atoms with Gasteiger partial charge in [-0.25, -0.2) is 15.0 Å². The highest BCUT2D eigenvalue weighted by molar-refractivity contribution is 6.16. The van der Waals surface area contributed by atoms with E-state index in [4.69, 9.17) is 19.4 Å². The van der Waals surface area contributed by atoms with Gasteiger partial charge in [0.2, 0.25) is 0 Å². The number of fused-ring (bicyclic) bond motifs is 13. The summed E-state index contributed by atoms with van der Waals surface area (Å²) in [5, 5.41) is 16.2. The molecule has 64 heavy (non-hydrogen) atoms. The monoisotopic (exact) mass is 814 g/mol. The van der Waals surface area contributed by atoms with E-state index in [9.17, 15) is 0 Å². The van der Waals surface area contributed by atoms with Gasteiger partial charge in [-0.3, -0.25) is 0 Å². The first kappa shape index (κ1) is 35.0. The molecule has 0 fully saturated rings. The fraction of sp³-hybridized carbons (Fsp3) is 0. The molecule has 0 spiro atoms. The van der Waals surface area contributed by atoms with Crippen LogP contribution in [0.5, 0.6) is 0 Å². The highest BCUT2D eigenvalue weighted by atomic mass is 16.3. The summed E-state index contributed by atoms with van der Waals surface area (Å²) in [5.41, 5.74) is 7.24. The minimum absolute atomic E-state index is 0.531. The van der Waals surface area contributed by atoms with Gasteiger partial charge in [0.05, 0.1) is 22.3 Å². The molecule has 0 aliphatic heterocycles. The quantitative estimate of drug-likeness (QED) is 0.166. The van der Waals surface area contributed by atoms with Gasteiger partial charge in [0.1, 0.15) is 11.2 Å². The van der Waals surface area contributed by atoms with Gasteiger partial charge in [-0.1, -0.05) is 158 Å². The van der Waals surface area contributed by atoms with Crippen molar-refractivity contribution >= 4 is 97.6 Å². The Morgan fingerprint density at radius 2 is 0.812 bits per heavy atom. The van der Waals surface area contributed by atoms with Crippen molar-refractivity contribution in [1.82, 2.24) is 19.5 Å². The van der Waals surface area contributed by atoms with Gasteiger partial charge in [-0.2, -0.15) is 0 Å². The minimum atomic E-state index is 0.531. The molecule has 0 atom stereocenters. The molecule has 0 radical (unpaired) electrons. The topological polar surface area (TPSA) is 56.7 Å². The second kappa shape index (κ2) is 13.4. The molecule has 0 bridgehead atoms. The van der Waals surface area contributed by atoms with Crippen LogP contribution in [-0.2, 0) is 0 Å². The van der Waals surface area contributed by atoms with Gasteiger partial charge in [-0.15, -0.1) is 0 Å². The zero-order valence-electron chi connectivity index (χ0n) is 34.3. The summed E-state index contributed by atoms with van der Waals surface area (Å²) in [6.07, 6.45) is 0. The maximum Gasteiger partial charge on any atom is 0.170 e. The van der Waals surface area contributed by atoms with E-state index in [1.807, 2.05) is 12.1 Å². The van der Waals surface area contributed by atoms with Crippen LogP contribution in [0.1, 0.15) is 0 Å². The van der Waals surface area contributed by atoms with Crippen molar-refractivity contribution < 1.29 is 4.42 Å². The lowest BCUT2D eigenvalue weighted by Gasteiger charge is -2.16. The molecule has 14 rings (SSSR count). The van der Waals surface area contributed by atoms with Crippen molar-refractivity contribution in [3.63, 3.8) is 0 Å². The smallest absolute Gasteiger partial charge is 0.170 e. The SMILES string of the molecule is c1ccc2cc3c(cc2c1)c1ccccc1n3-c1ccc2c(oc3ccccc32)c1-c1nc(-c2ccc3c(ccc4ccccc43)c2)nc(-c2ccc3c(ccc4ccccc43)c2)n1. The number of aromatic nitrogens is 4. The summed E-state index contributed by atoms with van der Waals surface area (Å²) in [7, 11) is 0. The Balaban J connectivity index is 1.09. The van der Waals surface area contributed by atoms with E-state index >= 15 is 0 Å². The Morgan fingerprint density at radius 3 is 1.48 bits per heavy atom. The largest absolute Gasteiger partial charge is 0.455 e. The number of nitrogens with zero attached hydrogens (tertiary/aromatic N) is 4. The molecule has 5 heteroatoms. The van der Waals surface area contributed by atoms with Crippen LogP contribution in [0.4, 0.5) is 0 Å².